The van der Waals surface area contributed by atoms with Crippen molar-refractivity contribution in [2.45, 2.75) is 17.4 Å². The molecule has 30 heavy (non-hydrogen) atoms. The first kappa shape index (κ1) is 20.0. The maximum Gasteiger partial charge on any atom is 0.264 e. The average molecular weight is 423 g/mol. The Hall–Kier alpha value is -3.32. The summed E-state index contributed by atoms with van der Waals surface area (Å²) in [5, 5.41) is 2.86. The predicted octanol–water partition coefficient (Wildman–Crippen LogP) is 3.00. The smallest absolute Gasteiger partial charge is 0.264 e. The van der Waals surface area contributed by atoms with Gasteiger partial charge in [-0.2, -0.15) is 0 Å². The van der Waals surface area contributed by atoms with Gasteiger partial charge in [-0.3, -0.25) is 9.10 Å². The molecule has 4 rings (SSSR count). The summed E-state index contributed by atoms with van der Waals surface area (Å²) in [7, 11) is -3.83. The molecular formula is C23H22N2O4S. The second-order valence-corrected chi connectivity index (χ2v) is 8.81. The fourth-order valence-corrected chi connectivity index (χ4v) is 4.87. The van der Waals surface area contributed by atoms with Crippen molar-refractivity contribution < 1.29 is 17.9 Å². The minimum Gasteiger partial charge on any atom is -0.476 e. The van der Waals surface area contributed by atoms with Crippen molar-refractivity contribution in [1.82, 2.24) is 5.32 Å². The number of amides is 1. The molecule has 1 amide bonds. The second kappa shape index (κ2) is 8.59. The van der Waals surface area contributed by atoms with Crippen LogP contribution in [0.3, 0.4) is 0 Å². The van der Waals surface area contributed by atoms with Gasteiger partial charge in [0, 0.05) is 6.54 Å². The lowest BCUT2D eigenvalue weighted by Crippen LogP contribution is -2.50. The van der Waals surface area contributed by atoms with Crippen LogP contribution in [0.5, 0.6) is 5.75 Å². The van der Waals surface area contributed by atoms with Crippen LogP contribution in [0.4, 0.5) is 5.69 Å². The topological polar surface area (TPSA) is 75.7 Å². The van der Waals surface area contributed by atoms with Gasteiger partial charge in [0.05, 0.1) is 17.1 Å². The van der Waals surface area contributed by atoms with Gasteiger partial charge in [0.25, 0.3) is 15.9 Å². The van der Waals surface area contributed by atoms with Gasteiger partial charge in [-0.25, -0.2) is 8.42 Å². The van der Waals surface area contributed by atoms with Crippen molar-refractivity contribution in [3.05, 3.63) is 90.5 Å². The Bertz CT molecular complexity index is 1120. The molecule has 0 fully saturated rings. The lowest BCUT2D eigenvalue weighted by atomic mass is 10.1. The van der Waals surface area contributed by atoms with Crippen LogP contribution in [-0.2, 0) is 21.2 Å². The number of anilines is 1. The molecule has 154 valence electrons. The van der Waals surface area contributed by atoms with Gasteiger partial charge >= 0.3 is 0 Å². The van der Waals surface area contributed by atoms with Crippen LogP contribution in [0.2, 0.25) is 0 Å². The summed E-state index contributed by atoms with van der Waals surface area (Å²) in [6.45, 7) is 0.348. The standard InChI is InChI=1S/C23H22N2O4S/c26-23(24-16-15-18-9-3-1-4-10-18)22-17-25(20-13-7-8-14-21(20)29-22)30(27,28)19-11-5-2-6-12-19/h1-14,22H,15-17H2,(H,24,26)/t22-/m0/s1. The second-order valence-electron chi connectivity index (χ2n) is 6.95. The molecule has 3 aromatic carbocycles. The van der Waals surface area contributed by atoms with Crippen LogP contribution < -0.4 is 14.4 Å². The molecule has 0 bridgehead atoms. The number of nitrogens with one attached hydrogen (secondary N) is 1. The normalized spacial score (nSPS) is 15.7. The van der Waals surface area contributed by atoms with E-state index in [9.17, 15) is 13.2 Å². The number of sulfonamides is 1. The van der Waals surface area contributed by atoms with E-state index in [1.165, 1.54) is 4.31 Å². The highest BCUT2D eigenvalue weighted by molar-refractivity contribution is 7.92. The molecule has 0 saturated carbocycles. The van der Waals surface area contributed by atoms with E-state index in [4.69, 9.17) is 4.74 Å². The van der Waals surface area contributed by atoms with E-state index in [2.05, 4.69) is 5.32 Å². The highest BCUT2D eigenvalue weighted by Crippen LogP contribution is 2.36. The van der Waals surface area contributed by atoms with Crippen LogP contribution in [0.25, 0.3) is 0 Å². The maximum absolute atomic E-state index is 13.3. The summed E-state index contributed by atoms with van der Waals surface area (Å²) >= 11 is 0. The number of fused-ring (bicyclic) bond motifs is 1. The Morgan fingerprint density at radius 1 is 0.933 bits per heavy atom. The Kier molecular flexibility index (Phi) is 5.72. The molecule has 6 nitrogen and oxygen atoms in total. The van der Waals surface area contributed by atoms with Crippen molar-refractivity contribution >= 4 is 21.6 Å². The first-order chi connectivity index (χ1) is 14.6. The minimum atomic E-state index is -3.83. The summed E-state index contributed by atoms with van der Waals surface area (Å²) in [6, 6.07) is 24.9. The molecule has 0 radical (unpaired) electrons. The van der Waals surface area contributed by atoms with E-state index < -0.39 is 16.1 Å². The molecule has 0 aliphatic carbocycles. The number of nitrogens with zero attached hydrogens (tertiary/aromatic N) is 1. The van der Waals surface area contributed by atoms with Crippen LogP contribution in [0, 0.1) is 0 Å². The van der Waals surface area contributed by atoms with Crippen molar-refractivity contribution in [3.63, 3.8) is 0 Å². The summed E-state index contributed by atoms with van der Waals surface area (Å²) in [5.41, 5.74) is 1.54. The average Bonchev–Trinajstić information content (AvgIpc) is 2.79. The van der Waals surface area contributed by atoms with Gasteiger partial charge in [-0.05, 0) is 36.2 Å². The van der Waals surface area contributed by atoms with Gasteiger partial charge in [0.15, 0.2) is 6.10 Å². The molecule has 0 spiro atoms. The Balaban J connectivity index is 1.53. The number of hydrogen-bond donors (Lipinski definition) is 1. The molecule has 0 unspecified atom stereocenters. The fraction of sp³-hybridized carbons (Fsp3) is 0.174. The third-order valence-corrected chi connectivity index (χ3v) is 6.71. The third kappa shape index (κ3) is 4.16. The maximum atomic E-state index is 13.3. The zero-order valence-electron chi connectivity index (χ0n) is 16.3. The van der Waals surface area contributed by atoms with Crippen molar-refractivity contribution in [3.8, 4) is 5.75 Å². The SMILES string of the molecule is O=C(NCCc1ccccc1)[C@@H]1CN(S(=O)(=O)c2ccccc2)c2ccccc2O1. The molecular weight excluding hydrogens is 400 g/mol. The number of para-hydroxylation sites is 2. The number of benzene rings is 3. The summed E-state index contributed by atoms with van der Waals surface area (Å²) in [5.74, 6) is 0.0279. The van der Waals surface area contributed by atoms with Crippen molar-refractivity contribution in [2.24, 2.45) is 0 Å². The molecule has 1 aliphatic rings. The quantitative estimate of drug-likeness (QED) is 0.663. The third-order valence-electron chi connectivity index (χ3n) is 4.91. The number of carbonyl (C=O) groups is 1. The molecule has 7 heteroatoms. The Morgan fingerprint density at radius 3 is 2.30 bits per heavy atom. The fourth-order valence-electron chi connectivity index (χ4n) is 3.37. The summed E-state index contributed by atoms with van der Waals surface area (Å²) < 4.78 is 33.6. The Labute approximate surface area is 176 Å². The zero-order chi connectivity index (χ0) is 21.0. The molecule has 1 N–H and O–H groups in total. The van der Waals surface area contributed by atoms with E-state index in [1.807, 2.05) is 30.3 Å². The van der Waals surface area contributed by atoms with Crippen LogP contribution in [0.1, 0.15) is 5.56 Å². The van der Waals surface area contributed by atoms with Gasteiger partial charge in [0.1, 0.15) is 5.75 Å². The number of carbonyl (C=O) groups excluding carboxylic acids is 1. The predicted molar refractivity (Wildman–Crippen MR) is 115 cm³/mol. The van der Waals surface area contributed by atoms with Crippen molar-refractivity contribution in [2.75, 3.05) is 17.4 Å². The monoisotopic (exact) mass is 422 g/mol. The summed E-state index contributed by atoms with van der Waals surface area (Å²) in [4.78, 5) is 12.9. The van der Waals surface area contributed by atoms with E-state index in [-0.39, 0.29) is 17.3 Å². The van der Waals surface area contributed by atoms with Crippen LogP contribution in [0.15, 0.2) is 89.8 Å². The number of rotatable bonds is 6. The lowest BCUT2D eigenvalue weighted by molar-refractivity contribution is -0.127. The van der Waals surface area contributed by atoms with E-state index >= 15 is 0 Å². The van der Waals surface area contributed by atoms with Crippen LogP contribution in [-0.4, -0.2) is 33.5 Å². The van der Waals surface area contributed by atoms with E-state index in [0.29, 0.717) is 24.4 Å². The number of ether oxygens (including phenoxy) is 1. The molecule has 3 aromatic rings. The van der Waals surface area contributed by atoms with Gasteiger partial charge < -0.3 is 10.1 Å². The summed E-state index contributed by atoms with van der Waals surface area (Å²) in [6.07, 6.45) is -0.254. The molecule has 1 aliphatic heterocycles. The largest absolute Gasteiger partial charge is 0.476 e. The first-order valence-corrected chi connectivity index (χ1v) is 11.1. The van der Waals surface area contributed by atoms with E-state index in [1.54, 1.807) is 54.6 Å². The highest BCUT2D eigenvalue weighted by atomic mass is 32.2. The van der Waals surface area contributed by atoms with Crippen molar-refractivity contribution in [1.29, 1.82) is 0 Å². The highest BCUT2D eigenvalue weighted by Gasteiger charge is 2.37. The number of hydrogen-bond acceptors (Lipinski definition) is 4. The van der Waals surface area contributed by atoms with Gasteiger partial charge in [-0.15, -0.1) is 0 Å². The van der Waals surface area contributed by atoms with Crippen LogP contribution >= 0.6 is 0 Å². The lowest BCUT2D eigenvalue weighted by Gasteiger charge is -2.34. The zero-order valence-corrected chi connectivity index (χ0v) is 17.1. The van der Waals surface area contributed by atoms with E-state index in [0.717, 1.165) is 5.56 Å². The Morgan fingerprint density at radius 2 is 1.57 bits per heavy atom. The first-order valence-electron chi connectivity index (χ1n) is 9.71. The molecule has 0 aromatic heterocycles. The van der Waals surface area contributed by atoms with Gasteiger partial charge in [-0.1, -0.05) is 60.7 Å². The van der Waals surface area contributed by atoms with Gasteiger partial charge in [0.2, 0.25) is 0 Å². The minimum absolute atomic E-state index is 0.0919. The molecule has 0 saturated heterocycles. The molecule has 1 heterocycles. The molecule has 1 atom stereocenters.